The van der Waals surface area contributed by atoms with Gasteiger partial charge in [0, 0.05) is 18.8 Å². The van der Waals surface area contributed by atoms with Crippen LogP contribution >= 0.6 is 0 Å². The first kappa shape index (κ1) is 21.9. The monoisotopic (exact) mass is 336 g/mol. The number of likely N-dealkylation sites (N-methyl/N-ethyl adjacent to an activating group) is 1. The molecule has 1 atom stereocenters. The number of nitrogens with one attached hydrogen (secondary N) is 1. The van der Waals surface area contributed by atoms with E-state index in [1.807, 2.05) is 20.7 Å². The Morgan fingerprint density at radius 3 is 2.67 bits per heavy atom. The second kappa shape index (κ2) is 12.4. The van der Waals surface area contributed by atoms with Crippen molar-refractivity contribution in [1.29, 1.82) is 0 Å². The highest BCUT2D eigenvalue weighted by Gasteiger charge is 2.19. The highest BCUT2D eigenvalue weighted by molar-refractivity contribution is 6.35. The second-order valence-electron chi connectivity index (χ2n) is 4.66. The summed E-state index contributed by atoms with van der Waals surface area (Å²) in [6, 6.07) is 3.16. The van der Waals surface area contributed by atoms with E-state index >= 15 is 0 Å². The van der Waals surface area contributed by atoms with Gasteiger partial charge in [0.1, 0.15) is 12.4 Å². The number of hydrogen-bond donors (Lipinski definition) is 1. The molecule has 7 nitrogen and oxygen atoms in total. The molecule has 8 heteroatoms. The summed E-state index contributed by atoms with van der Waals surface area (Å²) in [7, 11) is 4.99. The van der Waals surface area contributed by atoms with E-state index in [9.17, 15) is 9.59 Å². The number of hydrogen-bond acceptors (Lipinski definition) is 6. The number of amides is 1. The average Bonchev–Trinajstić information content (AvgIpc) is 2.61. The molecular formula is C16H27BN3O4. The maximum Gasteiger partial charge on any atom is 0.414 e. The molecule has 24 heavy (non-hydrogen) atoms. The largest absolute Gasteiger partial charge is 0.460 e. The van der Waals surface area contributed by atoms with Crippen LogP contribution in [0.3, 0.4) is 0 Å². The summed E-state index contributed by atoms with van der Waals surface area (Å²) in [6.45, 7) is 7.74. The quantitative estimate of drug-likeness (QED) is 0.606. The summed E-state index contributed by atoms with van der Waals surface area (Å²) >= 11 is 0. The van der Waals surface area contributed by atoms with Crippen molar-refractivity contribution in [2.24, 2.45) is 0 Å². The molecule has 1 rings (SSSR count). The summed E-state index contributed by atoms with van der Waals surface area (Å²) in [5.74, 6) is 0.0183. The molecule has 1 aromatic rings. The molecule has 1 aromatic heterocycles. The van der Waals surface area contributed by atoms with Crippen LogP contribution in [-0.4, -0.2) is 51.0 Å². The number of pyridine rings is 1. The molecule has 0 saturated carbocycles. The van der Waals surface area contributed by atoms with Crippen molar-refractivity contribution >= 4 is 25.2 Å². The van der Waals surface area contributed by atoms with Gasteiger partial charge in [-0.1, -0.05) is 26.7 Å². The van der Waals surface area contributed by atoms with Gasteiger partial charge < -0.3 is 14.8 Å². The van der Waals surface area contributed by atoms with Gasteiger partial charge in [-0.25, -0.2) is 9.78 Å². The maximum atomic E-state index is 12.0. The molecule has 1 unspecified atom stereocenters. The molecule has 1 amide bonds. The second-order valence-corrected chi connectivity index (χ2v) is 4.66. The zero-order valence-electron chi connectivity index (χ0n) is 15.3. The van der Waals surface area contributed by atoms with Gasteiger partial charge in [0.2, 0.25) is 0 Å². The Hall–Kier alpha value is -2.09. The fraction of sp³-hybridized carbons (Fsp3) is 0.562. The van der Waals surface area contributed by atoms with Crippen molar-refractivity contribution in [2.75, 3.05) is 25.5 Å². The molecule has 0 fully saturated rings. The fourth-order valence-corrected chi connectivity index (χ4v) is 1.59. The molecule has 0 saturated heterocycles. The Kier molecular flexibility index (Phi) is 11.3. The van der Waals surface area contributed by atoms with Gasteiger partial charge in [0.25, 0.3) is 0 Å². The normalized spacial score (nSPS) is 10.8. The number of esters is 1. The third kappa shape index (κ3) is 7.46. The third-order valence-corrected chi connectivity index (χ3v) is 2.92. The van der Waals surface area contributed by atoms with E-state index in [2.05, 4.69) is 10.3 Å². The van der Waals surface area contributed by atoms with Crippen molar-refractivity contribution in [1.82, 2.24) is 10.3 Å². The summed E-state index contributed by atoms with van der Waals surface area (Å²) in [4.78, 5) is 28.9. The Balaban J connectivity index is 0.00000254. The fourth-order valence-electron chi connectivity index (χ4n) is 1.59. The zero-order chi connectivity index (χ0) is 18.5. The van der Waals surface area contributed by atoms with Crippen LogP contribution < -0.4 is 10.2 Å². The summed E-state index contributed by atoms with van der Waals surface area (Å²) < 4.78 is 10.3. The SMILES string of the molecule is CC.C[B]C(C)OC(=O)N(C)c1ncccc1COC(=O)CNC. The molecular weight excluding hydrogens is 309 g/mol. The number of nitrogens with zero attached hydrogens (tertiary/aromatic N) is 2. The van der Waals surface area contributed by atoms with Crippen LogP contribution in [0, 0.1) is 0 Å². The van der Waals surface area contributed by atoms with Gasteiger partial charge >= 0.3 is 12.1 Å². The lowest BCUT2D eigenvalue weighted by atomic mass is 9.76. The molecule has 0 aliphatic rings. The average molecular weight is 336 g/mol. The Morgan fingerprint density at radius 2 is 2.08 bits per heavy atom. The molecule has 133 valence electrons. The zero-order valence-corrected chi connectivity index (χ0v) is 15.3. The number of aromatic nitrogens is 1. The van der Waals surface area contributed by atoms with Crippen LogP contribution in [0.5, 0.6) is 0 Å². The smallest absolute Gasteiger partial charge is 0.414 e. The van der Waals surface area contributed by atoms with E-state index < -0.39 is 6.09 Å². The number of rotatable bonds is 7. The van der Waals surface area contributed by atoms with E-state index in [0.29, 0.717) is 11.4 Å². The minimum absolute atomic E-state index is 0.0385. The highest BCUT2D eigenvalue weighted by Crippen LogP contribution is 2.18. The van der Waals surface area contributed by atoms with Crippen LogP contribution in [0.15, 0.2) is 18.3 Å². The highest BCUT2D eigenvalue weighted by atomic mass is 16.6. The summed E-state index contributed by atoms with van der Waals surface area (Å²) in [5, 5.41) is 2.71. The van der Waals surface area contributed by atoms with Crippen LogP contribution in [0.1, 0.15) is 26.3 Å². The Bertz CT molecular complexity index is 514. The molecule has 0 spiro atoms. The number of anilines is 1. The number of carbonyl (C=O) groups is 2. The predicted molar refractivity (Wildman–Crippen MR) is 95.3 cm³/mol. The molecule has 1 heterocycles. The van der Waals surface area contributed by atoms with E-state index in [1.54, 1.807) is 46.6 Å². The Morgan fingerprint density at radius 1 is 1.42 bits per heavy atom. The number of carbonyl (C=O) groups excluding carboxylic acids is 2. The van der Waals surface area contributed by atoms with E-state index in [0.717, 1.165) is 0 Å². The molecule has 0 aliphatic carbocycles. The van der Waals surface area contributed by atoms with Crippen molar-refractivity contribution < 1.29 is 19.1 Å². The van der Waals surface area contributed by atoms with Gasteiger partial charge in [-0.2, -0.15) is 0 Å². The van der Waals surface area contributed by atoms with Crippen LogP contribution in [0.25, 0.3) is 0 Å². The summed E-state index contributed by atoms with van der Waals surface area (Å²) in [6.07, 6.45) is 1.04. The predicted octanol–water partition coefficient (Wildman–Crippen LogP) is 2.04. The van der Waals surface area contributed by atoms with Gasteiger partial charge in [-0.15, -0.1) is 0 Å². The van der Waals surface area contributed by atoms with Crippen molar-refractivity contribution in [3.05, 3.63) is 23.9 Å². The van der Waals surface area contributed by atoms with Gasteiger partial charge in [-0.3, -0.25) is 9.69 Å². The lowest BCUT2D eigenvalue weighted by Crippen LogP contribution is -2.33. The van der Waals surface area contributed by atoms with Crippen LogP contribution in [-0.2, 0) is 20.9 Å². The van der Waals surface area contributed by atoms with Gasteiger partial charge in [0.15, 0.2) is 7.28 Å². The van der Waals surface area contributed by atoms with Gasteiger partial charge in [0.05, 0.1) is 12.5 Å². The van der Waals surface area contributed by atoms with Crippen LogP contribution in [0.2, 0.25) is 6.82 Å². The lowest BCUT2D eigenvalue weighted by molar-refractivity contribution is -0.143. The van der Waals surface area contributed by atoms with Crippen molar-refractivity contribution in [3.8, 4) is 0 Å². The van der Waals surface area contributed by atoms with Crippen molar-refractivity contribution in [2.45, 2.75) is 40.2 Å². The first-order valence-electron chi connectivity index (χ1n) is 7.97. The molecule has 1 radical (unpaired) electrons. The topological polar surface area (TPSA) is 80.8 Å². The molecule has 0 aromatic carbocycles. The van der Waals surface area contributed by atoms with Crippen LogP contribution in [0.4, 0.5) is 10.6 Å². The first-order chi connectivity index (χ1) is 11.5. The van der Waals surface area contributed by atoms with Gasteiger partial charge in [-0.05, 0) is 20.0 Å². The Labute approximate surface area is 145 Å². The molecule has 0 bridgehead atoms. The minimum Gasteiger partial charge on any atom is -0.460 e. The maximum absolute atomic E-state index is 12.0. The third-order valence-electron chi connectivity index (χ3n) is 2.92. The first-order valence-corrected chi connectivity index (χ1v) is 7.97. The van der Waals surface area contributed by atoms with E-state index in [4.69, 9.17) is 9.47 Å². The standard InChI is InChI=1S/C14H21BN3O4.C2H6/c1-10(15-2)22-14(20)18(4)13-11(6-5-7-17-13)9-21-12(19)8-16-3;1-2/h5-7,10,16H,8-9H2,1-4H3;1-2H3. The summed E-state index contributed by atoms with van der Waals surface area (Å²) in [5.41, 5.74) is 0.625. The molecule has 0 aliphatic heterocycles. The van der Waals surface area contributed by atoms with E-state index in [1.165, 1.54) is 4.90 Å². The minimum atomic E-state index is -0.521. The van der Waals surface area contributed by atoms with Crippen molar-refractivity contribution in [3.63, 3.8) is 0 Å². The number of ether oxygens (including phenoxy) is 2. The van der Waals surface area contributed by atoms with E-state index in [-0.39, 0.29) is 25.1 Å². The molecule has 1 N–H and O–H groups in total. The lowest BCUT2D eigenvalue weighted by Gasteiger charge is -2.21.